The molecule has 2 aromatic heterocycles. The Bertz CT molecular complexity index is 672. The first-order chi connectivity index (χ1) is 12.2. The smallest absolute Gasteiger partial charge is 0.287 e. The van der Waals surface area contributed by atoms with Gasteiger partial charge in [-0.15, -0.1) is 0 Å². The second kappa shape index (κ2) is 8.34. The van der Waals surface area contributed by atoms with Gasteiger partial charge in [0.25, 0.3) is 5.91 Å². The lowest BCUT2D eigenvalue weighted by atomic mass is 10.2. The summed E-state index contributed by atoms with van der Waals surface area (Å²) in [7, 11) is 0. The van der Waals surface area contributed by atoms with Crippen molar-refractivity contribution in [1.82, 2.24) is 20.0 Å². The molecule has 1 N–H and O–H groups in total. The second-order valence-corrected chi connectivity index (χ2v) is 6.83. The largest absolute Gasteiger partial charge is 0.456 e. The van der Waals surface area contributed by atoms with E-state index in [0.29, 0.717) is 5.76 Å². The van der Waals surface area contributed by atoms with Crippen LogP contribution in [0.5, 0.6) is 0 Å². The van der Waals surface area contributed by atoms with Crippen LogP contribution < -0.4 is 5.32 Å². The topological polar surface area (TPSA) is 63.3 Å². The van der Waals surface area contributed by atoms with Gasteiger partial charge >= 0.3 is 0 Å². The minimum Gasteiger partial charge on any atom is -0.456 e. The van der Waals surface area contributed by atoms with E-state index in [1.54, 1.807) is 6.20 Å². The van der Waals surface area contributed by atoms with Crippen molar-refractivity contribution in [1.29, 1.82) is 0 Å². The summed E-state index contributed by atoms with van der Waals surface area (Å²) in [5.41, 5.74) is 1.15. The zero-order valence-corrected chi connectivity index (χ0v) is 15.2. The van der Waals surface area contributed by atoms with Crippen LogP contribution in [0, 0.1) is 0 Å². The number of rotatable bonds is 8. The third-order valence-electron chi connectivity index (χ3n) is 4.76. The van der Waals surface area contributed by atoms with E-state index in [2.05, 4.69) is 22.2 Å². The molecule has 0 saturated carbocycles. The van der Waals surface area contributed by atoms with Gasteiger partial charge in [-0.1, -0.05) is 6.92 Å². The Balaban J connectivity index is 1.56. The van der Waals surface area contributed by atoms with Crippen LogP contribution in [0.15, 0.2) is 28.9 Å². The predicted octanol–water partition coefficient (Wildman–Crippen LogP) is 2.84. The molecule has 3 heterocycles. The minimum absolute atomic E-state index is 0.0638. The molecule has 0 unspecified atom stereocenters. The van der Waals surface area contributed by atoms with Crippen LogP contribution in [0.1, 0.15) is 55.0 Å². The van der Waals surface area contributed by atoms with Crippen LogP contribution in [0.4, 0.5) is 0 Å². The Morgan fingerprint density at radius 2 is 2.20 bits per heavy atom. The number of hydrogen-bond donors (Lipinski definition) is 1. The zero-order valence-electron chi connectivity index (χ0n) is 15.2. The van der Waals surface area contributed by atoms with Crippen LogP contribution in [0.25, 0.3) is 0 Å². The normalized spacial score (nSPS) is 16.2. The third-order valence-corrected chi connectivity index (χ3v) is 4.76. The van der Waals surface area contributed by atoms with Crippen molar-refractivity contribution in [2.75, 3.05) is 13.1 Å². The first-order valence-electron chi connectivity index (χ1n) is 9.28. The first-order valence-corrected chi connectivity index (χ1v) is 9.28. The van der Waals surface area contributed by atoms with Crippen LogP contribution in [0.3, 0.4) is 0 Å². The summed E-state index contributed by atoms with van der Waals surface area (Å²) in [5, 5.41) is 7.21. The number of hydrogen-bond acceptors (Lipinski definition) is 4. The molecule has 3 rings (SSSR count). The predicted molar refractivity (Wildman–Crippen MR) is 96.4 cm³/mol. The molecule has 6 heteroatoms. The lowest BCUT2D eigenvalue weighted by Gasteiger charge is -2.13. The number of aryl methyl sites for hydroxylation is 2. The Morgan fingerprint density at radius 3 is 2.88 bits per heavy atom. The monoisotopic (exact) mass is 344 g/mol. The molecule has 1 fully saturated rings. The number of carbonyl (C=O) groups excluding carboxylic acids is 1. The molecule has 1 saturated heterocycles. The molecule has 0 bridgehead atoms. The summed E-state index contributed by atoms with van der Waals surface area (Å²) < 4.78 is 7.70. The molecule has 1 amide bonds. The maximum absolute atomic E-state index is 12.5. The molecule has 136 valence electrons. The number of nitrogens with zero attached hydrogens (tertiary/aromatic N) is 3. The van der Waals surface area contributed by atoms with Crippen molar-refractivity contribution in [3.8, 4) is 0 Å². The number of amides is 1. The van der Waals surface area contributed by atoms with Gasteiger partial charge in [-0.05, 0) is 51.4 Å². The molecule has 0 radical (unpaired) electrons. The van der Waals surface area contributed by atoms with Gasteiger partial charge in [-0.2, -0.15) is 5.10 Å². The maximum atomic E-state index is 12.5. The van der Waals surface area contributed by atoms with Gasteiger partial charge in [0.2, 0.25) is 0 Å². The molecule has 1 aliphatic heterocycles. The maximum Gasteiger partial charge on any atom is 0.287 e. The fraction of sp³-hybridized carbons (Fsp3) is 0.579. The Kier molecular flexibility index (Phi) is 5.91. The summed E-state index contributed by atoms with van der Waals surface area (Å²) in [4.78, 5) is 14.9. The van der Waals surface area contributed by atoms with Crippen LogP contribution in [0.2, 0.25) is 0 Å². The highest BCUT2D eigenvalue weighted by atomic mass is 16.4. The standard InChI is InChI=1S/C19H28N4O2/c1-3-17-16(14-22-9-4-5-10-22)13-18(25-17)19(24)21-15(2)7-12-23-11-6-8-20-23/h6,8,11,13,15H,3-5,7,9-10,12,14H2,1-2H3,(H,21,24)/t15-/m0/s1. The summed E-state index contributed by atoms with van der Waals surface area (Å²) >= 11 is 0. The molecule has 0 spiro atoms. The van der Waals surface area contributed by atoms with E-state index < -0.39 is 0 Å². The van der Waals surface area contributed by atoms with E-state index >= 15 is 0 Å². The van der Waals surface area contributed by atoms with Crippen LogP contribution >= 0.6 is 0 Å². The van der Waals surface area contributed by atoms with E-state index in [4.69, 9.17) is 4.42 Å². The van der Waals surface area contributed by atoms with Gasteiger partial charge in [-0.3, -0.25) is 14.4 Å². The fourth-order valence-corrected chi connectivity index (χ4v) is 3.32. The van der Waals surface area contributed by atoms with Crippen molar-refractivity contribution in [2.24, 2.45) is 0 Å². The number of furan rings is 1. The highest BCUT2D eigenvalue weighted by molar-refractivity contribution is 5.91. The Hall–Kier alpha value is -2.08. The zero-order chi connectivity index (χ0) is 17.6. The lowest BCUT2D eigenvalue weighted by Crippen LogP contribution is -2.33. The Morgan fingerprint density at radius 1 is 1.40 bits per heavy atom. The summed E-state index contributed by atoms with van der Waals surface area (Å²) in [5.74, 6) is 1.23. The number of aromatic nitrogens is 2. The molecular formula is C19H28N4O2. The van der Waals surface area contributed by atoms with E-state index in [0.717, 1.165) is 50.3 Å². The van der Waals surface area contributed by atoms with E-state index in [9.17, 15) is 4.79 Å². The van der Waals surface area contributed by atoms with Gasteiger partial charge in [-0.25, -0.2) is 0 Å². The number of carbonyl (C=O) groups is 1. The fourth-order valence-electron chi connectivity index (χ4n) is 3.32. The first kappa shape index (κ1) is 17.7. The van der Waals surface area contributed by atoms with Gasteiger partial charge < -0.3 is 9.73 Å². The van der Waals surface area contributed by atoms with Crippen LogP contribution in [-0.4, -0.2) is 39.7 Å². The van der Waals surface area contributed by atoms with Crippen LogP contribution in [-0.2, 0) is 19.5 Å². The van der Waals surface area contributed by atoms with E-state index in [-0.39, 0.29) is 11.9 Å². The van der Waals surface area contributed by atoms with Gasteiger partial charge in [0.05, 0.1) is 0 Å². The lowest BCUT2D eigenvalue weighted by molar-refractivity contribution is 0.0907. The van der Waals surface area contributed by atoms with Crippen molar-refractivity contribution >= 4 is 5.91 Å². The van der Waals surface area contributed by atoms with Gasteiger partial charge in [0.1, 0.15) is 5.76 Å². The molecule has 6 nitrogen and oxygen atoms in total. The quantitative estimate of drug-likeness (QED) is 0.800. The molecule has 0 aliphatic carbocycles. The summed E-state index contributed by atoms with van der Waals surface area (Å²) in [6.45, 7) is 8.03. The molecule has 2 aromatic rings. The average molecular weight is 344 g/mol. The molecule has 0 aromatic carbocycles. The van der Waals surface area contributed by atoms with E-state index in [1.165, 1.54) is 12.8 Å². The van der Waals surface area contributed by atoms with Crippen molar-refractivity contribution in [3.05, 3.63) is 41.6 Å². The van der Waals surface area contributed by atoms with Crippen molar-refractivity contribution in [3.63, 3.8) is 0 Å². The van der Waals surface area contributed by atoms with Gasteiger partial charge in [0.15, 0.2) is 5.76 Å². The third kappa shape index (κ3) is 4.72. The SMILES string of the molecule is CCc1oc(C(=O)N[C@@H](C)CCn2cccn2)cc1CN1CCCC1. The number of likely N-dealkylation sites (tertiary alicyclic amines) is 1. The van der Waals surface area contributed by atoms with Crippen molar-refractivity contribution in [2.45, 2.75) is 58.7 Å². The van der Waals surface area contributed by atoms with Gasteiger partial charge in [0, 0.05) is 43.5 Å². The summed E-state index contributed by atoms with van der Waals surface area (Å²) in [6.07, 6.45) is 7.86. The molecular weight excluding hydrogens is 316 g/mol. The summed E-state index contributed by atoms with van der Waals surface area (Å²) in [6, 6.07) is 3.89. The number of nitrogens with one attached hydrogen (secondary N) is 1. The Labute approximate surface area is 149 Å². The van der Waals surface area contributed by atoms with Crippen molar-refractivity contribution < 1.29 is 9.21 Å². The second-order valence-electron chi connectivity index (χ2n) is 6.83. The molecule has 1 aliphatic rings. The highest BCUT2D eigenvalue weighted by Crippen LogP contribution is 2.21. The average Bonchev–Trinajstić information content (AvgIpc) is 3.35. The minimum atomic E-state index is -0.129. The van der Waals surface area contributed by atoms with E-state index in [1.807, 2.05) is 29.9 Å². The highest BCUT2D eigenvalue weighted by Gasteiger charge is 2.20. The molecule has 1 atom stereocenters. The molecule has 25 heavy (non-hydrogen) atoms.